The molecule has 2 atom stereocenters. The number of aliphatic hydroxyl groups is 4. The maximum atomic E-state index is 9.89. The molecule has 4 N–H and O–H groups in total. The smallest absolute Gasteiger partial charge is 0.0849 e. The lowest BCUT2D eigenvalue weighted by Crippen LogP contribution is -2.35. The van der Waals surface area contributed by atoms with Crippen molar-refractivity contribution in [3.8, 4) is 0 Å². The van der Waals surface area contributed by atoms with Gasteiger partial charge in [0.1, 0.15) is 0 Å². The molecule has 0 heterocycles. The first-order valence-corrected chi connectivity index (χ1v) is 11.0. The lowest BCUT2D eigenvalue weighted by molar-refractivity contribution is -0.0510. The fraction of sp³-hybridized carbons (Fsp3) is 0.760. The highest BCUT2D eigenvalue weighted by Gasteiger charge is 2.24. The molecule has 4 heteroatoms. The molecule has 0 rings (SSSR count). The molecule has 29 heavy (non-hydrogen) atoms. The van der Waals surface area contributed by atoms with Crippen molar-refractivity contribution in [1.82, 2.24) is 0 Å². The van der Waals surface area contributed by atoms with E-state index in [1.54, 1.807) is 27.7 Å². The van der Waals surface area contributed by atoms with Gasteiger partial charge in [0.15, 0.2) is 0 Å². The van der Waals surface area contributed by atoms with Crippen LogP contribution in [0.5, 0.6) is 0 Å². The molecule has 0 aromatic heterocycles. The third-order valence-electron chi connectivity index (χ3n) is 5.44. The van der Waals surface area contributed by atoms with E-state index in [9.17, 15) is 20.4 Å². The second kappa shape index (κ2) is 13.4. The third kappa shape index (κ3) is 14.6. The van der Waals surface area contributed by atoms with Crippen LogP contribution >= 0.6 is 0 Å². The van der Waals surface area contributed by atoms with Gasteiger partial charge in [-0.05, 0) is 99.8 Å². The van der Waals surface area contributed by atoms with Crippen LogP contribution in [0.3, 0.4) is 0 Å². The van der Waals surface area contributed by atoms with Crippen molar-refractivity contribution in [2.45, 2.75) is 123 Å². The van der Waals surface area contributed by atoms with Crippen LogP contribution in [0, 0.1) is 0 Å². The summed E-state index contributed by atoms with van der Waals surface area (Å²) in [6.07, 6.45) is 12.2. The summed E-state index contributed by atoms with van der Waals surface area (Å²) in [6, 6.07) is 0. The summed E-state index contributed by atoms with van der Waals surface area (Å²) in [5, 5.41) is 39.3. The zero-order valence-corrected chi connectivity index (χ0v) is 19.8. The minimum absolute atomic E-state index is 0.583. The van der Waals surface area contributed by atoms with Crippen molar-refractivity contribution in [1.29, 1.82) is 0 Å². The Morgan fingerprint density at radius 2 is 0.931 bits per heavy atom. The second-order valence-corrected chi connectivity index (χ2v) is 9.68. The Kier molecular flexibility index (Phi) is 12.9. The zero-order chi connectivity index (χ0) is 22.7. The van der Waals surface area contributed by atoms with Crippen LogP contribution in [-0.4, -0.2) is 43.8 Å². The molecule has 0 bridgehead atoms. The Labute approximate surface area is 179 Å². The maximum absolute atomic E-state index is 9.89. The van der Waals surface area contributed by atoms with E-state index in [2.05, 4.69) is 39.0 Å². The molecule has 0 radical (unpaired) electrons. The van der Waals surface area contributed by atoms with Crippen molar-refractivity contribution in [2.75, 3.05) is 0 Å². The normalized spacial score (nSPS) is 16.9. The van der Waals surface area contributed by atoms with Crippen molar-refractivity contribution in [2.24, 2.45) is 0 Å². The van der Waals surface area contributed by atoms with Gasteiger partial charge in [0, 0.05) is 0 Å². The van der Waals surface area contributed by atoms with Gasteiger partial charge < -0.3 is 20.4 Å². The molecule has 0 aliphatic rings. The Morgan fingerprint density at radius 1 is 0.621 bits per heavy atom. The van der Waals surface area contributed by atoms with Gasteiger partial charge in [-0.2, -0.15) is 0 Å². The van der Waals surface area contributed by atoms with Gasteiger partial charge in [-0.15, -0.1) is 0 Å². The van der Waals surface area contributed by atoms with Crippen LogP contribution in [0.25, 0.3) is 0 Å². The SMILES string of the molecule is CC(=CCCC=C(C)CCC(O)C(C)(C)O)CCC=C(C)CCC(O)C(C)(C)O. The molecule has 170 valence electrons. The van der Waals surface area contributed by atoms with Crippen LogP contribution in [0.15, 0.2) is 34.9 Å². The molecule has 0 saturated heterocycles. The van der Waals surface area contributed by atoms with Gasteiger partial charge in [-0.1, -0.05) is 34.9 Å². The number of aliphatic hydroxyl groups excluding tert-OH is 2. The highest BCUT2D eigenvalue weighted by Crippen LogP contribution is 2.19. The summed E-state index contributed by atoms with van der Waals surface area (Å²) < 4.78 is 0. The summed E-state index contributed by atoms with van der Waals surface area (Å²) in [5.74, 6) is 0. The highest BCUT2D eigenvalue weighted by atomic mass is 16.3. The predicted molar refractivity (Wildman–Crippen MR) is 123 cm³/mol. The fourth-order valence-corrected chi connectivity index (χ4v) is 2.95. The van der Waals surface area contributed by atoms with Gasteiger partial charge in [0.05, 0.1) is 23.4 Å². The molecule has 0 aromatic carbocycles. The quantitative estimate of drug-likeness (QED) is 0.234. The van der Waals surface area contributed by atoms with E-state index in [1.165, 1.54) is 16.7 Å². The monoisotopic (exact) mass is 410 g/mol. The third-order valence-corrected chi connectivity index (χ3v) is 5.44. The molecule has 0 fully saturated rings. The summed E-state index contributed by atoms with van der Waals surface area (Å²) in [5.41, 5.74) is 1.82. The van der Waals surface area contributed by atoms with E-state index in [4.69, 9.17) is 0 Å². The molecule has 0 aromatic rings. The Morgan fingerprint density at radius 3 is 1.28 bits per heavy atom. The lowest BCUT2D eigenvalue weighted by Gasteiger charge is -2.24. The Bertz CT molecular complexity index is 544. The average Bonchev–Trinajstić information content (AvgIpc) is 2.59. The minimum atomic E-state index is -1.04. The molecule has 0 aliphatic heterocycles. The molecular formula is C25H46O4. The van der Waals surface area contributed by atoms with Crippen molar-refractivity contribution in [3.05, 3.63) is 34.9 Å². The van der Waals surface area contributed by atoms with Crippen LogP contribution in [-0.2, 0) is 0 Å². The number of rotatable bonds is 14. The maximum Gasteiger partial charge on any atom is 0.0849 e. The second-order valence-electron chi connectivity index (χ2n) is 9.68. The molecule has 4 nitrogen and oxygen atoms in total. The Hall–Kier alpha value is -0.940. The van der Waals surface area contributed by atoms with Crippen LogP contribution in [0.2, 0.25) is 0 Å². The van der Waals surface area contributed by atoms with Gasteiger partial charge in [-0.25, -0.2) is 0 Å². The number of hydrogen-bond acceptors (Lipinski definition) is 4. The standard InChI is InChI=1S/C25H46O4/c1-19(13-10-14-21(3)16-18-23(27)25(6,7)29)11-8-9-12-20(2)15-17-22(26)24(4,5)28/h11-12,14,22-23,26-29H,8-10,13,15-18H2,1-7H3. The zero-order valence-electron chi connectivity index (χ0n) is 19.8. The van der Waals surface area contributed by atoms with E-state index in [0.29, 0.717) is 12.8 Å². The lowest BCUT2D eigenvalue weighted by atomic mass is 9.95. The highest BCUT2D eigenvalue weighted by molar-refractivity contribution is 5.05. The largest absolute Gasteiger partial charge is 0.390 e. The van der Waals surface area contributed by atoms with Crippen molar-refractivity contribution >= 4 is 0 Å². The first-order valence-electron chi connectivity index (χ1n) is 11.0. The van der Waals surface area contributed by atoms with Gasteiger partial charge in [0.2, 0.25) is 0 Å². The first kappa shape index (κ1) is 28.1. The van der Waals surface area contributed by atoms with Gasteiger partial charge in [0.25, 0.3) is 0 Å². The molecule has 0 aliphatic carbocycles. The summed E-state index contributed by atoms with van der Waals surface area (Å²) in [6.45, 7) is 12.9. The summed E-state index contributed by atoms with van der Waals surface area (Å²) in [7, 11) is 0. The van der Waals surface area contributed by atoms with E-state index in [0.717, 1.165) is 38.5 Å². The van der Waals surface area contributed by atoms with Crippen LogP contribution in [0.1, 0.15) is 99.8 Å². The molecule has 0 spiro atoms. The van der Waals surface area contributed by atoms with E-state index >= 15 is 0 Å². The summed E-state index contributed by atoms with van der Waals surface area (Å²) in [4.78, 5) is 0. The molecule has 0 saturated carbocycles. The number of allylic oxidation sites excluding steroid dienone is 6. The number of unbranched alkanes of at least 4 members (excludes halogenated alkanes) is 1. The van der Waals surface area contributed by atoms with Crippen molar-refractivity contribution < 1.29 is 20.4 Å². The van der Waals surface area contributed by atoms with Gasteiger partial charge in [-0.3, -0.25) is 0 Å². The molecular weight excluding hydrogens is 364 g/mol. The number of hydrogen-bond donors (Lipinski definition) is 4. The molecule has 2 unspecified atom stereocenters. The average molecular weight is 411 g/mol. The minimum Gasteiger partial charge on any atom is -0.390 e. The van der Waals surface area contributed by atoms with E-state index in [-0.39, 0.29) is 0 Å². The predicted octanol–water partition coefficient (Wildman–Crippen LogP) is 5.21. The van der Waals surface area contributed by atoms with Crippen LogP contribution < -0.4 is 0 Å². The molecule has 0 amide bonds. The van der Waals surface area contributed by atoms with Crippen LogP contribution in [0.4, 0.5) is 0 Å². The topological polar surface area (TPSA) is 80.9 Å². The van der Waals surface area contributed by atoms with E-state index < -0.39 is 23.4 Å². The first-order chi connectivity index (χ1) is 13.2. The summed E-state index contributed by atoms with van der Waals surface area (Å²) >= 11 is 0. The van der Waals surface area contributed by atoms with E-state index in [1.807, 2.05) is 0 Å². The van der Waals surface area contributed by atoms with Gasteiger partial charge >= 0.3 is 0 Å². The van der Waals surface area contributed by atoms with Crippen molar-refractivity contribution in [3.63, 3.8) is 0 Å². The Balaban J connectivity index is 4.13. The fourth-order valence-electron chi connectivity index (χ4n) is 2.95.